The zero-order valence-electron chi connectivity index (χ0n) is 12.7. The molecule has 0 spiro atoms. The lowest BCUT2D eigenvalue weighted by molar-refractivity contribution is -0.126. The van der Waals surface area contributed by atoms with E-state index in [2.05, 4.69) is 0 Å². The van der Waals surface area contributed by atoms with Crippen LogP contribution in [0.4, 0.5) is 0 Å². The van der Waals surface area contributed by atoms with Crippen molar-refractivity contribution in [2.45, 2.75) is 38.7 Å². The molecule has 4 atom stereocenters. The third-order valence-electron chi connectivity index (χ3n) is 4.26. The first-order chi connectivity index (χ1) is 9.79. The summed E-state index contributed by atoms with van der Waals surface area (Å²) < 4.78 is 28.5. The molecular weight excluding hydrogens is 288 g/mol. The quantitative estimate of drug-likeness (QED) is 0.785. The highest BCUT2D eigenvalue weighted by Crippen LogP contribution is 2.37. The van der Waals surface area contributed by atoms with E-state index in [0.29, 0.717) is 6.42 Å². The molecule has 21 heavy (non-hydrogen) atoms. The molecule has 0 aliphatic heterocycles. The van der Waals surface area contributed by atoms with Crippen molar-refractivity contribution in [2.24, 2.45) is 11.8 Å². The van der Waals surface area contributed by atoms with Gasteiger partial charge in [0.15, 0.2) is 0 Å². The Hall–Kier alpha value is -1.20. The van der Waals surface area contributed by atoms with Crippen LogP contribution in [0.1, 0.15) is 38.2 Å². The van der Waals surface area contributed by atoms with Gasteiger partial charge in [0.1, 0.15) is 5.78 Å². The lowest BCUT2D eigenvalue weighted by Crippen LogP contribution is -2.34. The molecule has 1 aliphatic rings. The van der Waals surface area contributed by atoms with Gasteiger partial charge in [0.2, 0.25) is 0 Å². The van der Waals surface area contributed by atoms with Crippen molar-refractivity contribution in [3.8, 4) is 0 Å². The third kappa shape index (κ3) is 3.92. The zero-order chi connectivity index (χ0) is 15.6. The lowest BCUT2D eigenvalue weighted by Gasteiger charge is -2.28. The molecule has 0 bridgehead atoms. The summed E-state index contributed by atoms with van der Waals surface area (Å²) in [5.41, 5.74) is 0.985. The van der Waals surface area contributed by atoms with Gasteiger partial charge in [-0.3, -0.25) is 8.98 Å². The fraction of sp³-hybridized carbons (Fsp3) is 0.562. The Labute approximate surface area is 126 Å². The predicted octanol–water partition coefficient (Wildman–Crippen LogP) is 2.75. The van der Waals surface area contributed by atoms with Crippen LogP contribution in [0.15, 0.2) is 30.3 Å². The summed E-state index contributed by atoms with van der Waals surface area (Å²) in [6.07, 6.45) is 1.91. The second-order valence-corrected chi connectivity index (χ2v) is 7.55. The Morgan fingerprint density at radius 1 is 1.19 bits per heavy atom. The molecule has 116 valence electrons. The van der Waals surface area contributed by atoms with Gasteiger partial charge in [-0.1, -0.05) is 44.2 Å². The van der Waals surface area contributed by atoms with E-state index in [1.165, 1.54) is 0 Å². The summed E-state index contributed by atoms with van der Waals surface area (Å²) in [5, 5.41) is 0. The van der Waals surface area contributed by atoms with Crippen LogP contribution in [0.25, 0.3) is 0 Å². The number of Topliss-reactive ketones (excluding diaryl/α,β-unsaturated/α-hetero) is 1. The summed E-state index contributed by atoms with van der Waals surface area (Å²) in [5.74, 6) is -0.389. The summed E-state index contributed by atoms with van der Waals surface area (Å²) >= 11 is 0. The minimum absolute atomic E-state index is 0.0105. The Bertz CT molecular complexity index is 594. The molecule has 0 heterocycles. The Morgan fingerprint density at radius 3 is 2.29 bits per heavy atom. The van der Waals surface area contributed by atoms with Crippen molar-refractivity contribution >= 4 is 15.9 Å². The fourth-order valence-corrected chi connectivity index (χ4v) is 3.76. The molecule has 1 aromatic rings. The second kappa shape index (κ2) is 6.28. The van der Waals surface area contributed by atoms with Crippen LogP contribution in [0.3, 0.4) is 0 Å². The van der Waals surface area contributed by atoms with Gasteiger partial charge in [0, 0.05) is 17.8 Å². The molecule has 4 unspecified atom stereocenters. The maximum atomic E-state index is 12.3. The second-order valence-electron chi connectivity index (χ2n) is 5.95. The lowest BCUT2D eigenvalue weighted by atomic mass is 9.85. The van der Waals surface area contributed by atoms with E-state index in [1.807, 2.05) is 44.2 Å². The molecular formula is C16H22O4S. The average Bonchev–Trinajstić information content (AvgIpc) is 2.76. The van der Waals surface area contributed by atoms with Crippen LogP contribution >= 0.6 is 0 Å². The monoisotopic (exact) mass is 310 g/mol. The molecule has 0 radical (unpaired) electrons. The van der Waals surface area contributed by atoms with E-state index in [-0.39, 0.29) is 23.5 Å². The van der Waals surface area contributed by atoms with E-state index < -0.39 is 16.2 Å². The van der Waals surface area contributed by atoms with Gasteiger partial charge >= 0.3 is 0 Å². The van der Waals surface area contributed by atoms with Gasteiger partial charge in [-0.05, 0) is 18.4 Å². The van der Waals surface area contributed by atoms with Gasteiger partial charge < -0.3 is 0 Å². The van der Waals surface area contributed by atoms with Gasteiger partial charge in [-0.2, -0.15) is 8.42 Å². The maximum absolute atomic E-state index is 12.3. The Balaban J connectivity index is 2.30. The summed E-state index contributed by atoms with van der Waals surface area (Å²) in [7, 11) is -3.61. The minimum atomic E-state index is -3.61. The number of carbonyl (C=O) groups is 1. The van der Waals surface area contributed by atoms with Crippen molar-refractivity contribution in [1.82, 2.24) is 0 Å². The van der Waals surface area contributed by atoms with Crippen LogP contribution in [0.2, 0.25) is 0 Å². The highest BCUT2D eigenvalue weighted by molar-refractivity contribution is 7.86. The number of hydrogen-bond acceptors (Lipinski definition) is 4. The first-order valence-corrected chi connectivity index (χ1v) is 9.08. The van der Waals surface area contributed by atoms with Gasteiger partial charge in [-0.25, -0.2) is 0 Å². The molecule has 0 aromatic heterocycles. The summed E-state index contributed by atoms with van der Waals surface area (Å²) in [4.78, 5) is 12.3. The van der Waals surface area contributed by atoms with Gasteiger partial charge in [-0.15, -0.1) is 0 Å². The molecule has 0 N–H and O–H groups in total. The molecule has 0 amide bonds. The molecule has 1 fully saturated rings. The van der Waals surface area contributed by atoms with Gasteiger partial charge in [0.05, 0.1) is 12.4 Å². The molecule has 2 rings (SSSR count). The van der Waals surface area contributed by atoms with E-state index in [9.17, 15) is 13.2 Å². The molecule has 1 aromatic carbocycles. The Kier molecular flexibility index (Phi) is 4.84. The topological polar surface area (TPSA) is 60.4 Å². The maximum Gasteiger partial charge on any atom is 0.264 e. The minimum Gasteiger partial charge on any atom is -0.299 e. The smallest absolute Gasteiger partial charge is 0.264 e. The number of benzene rings is 1. The Morgan fingerprint density at radius 2 is 1.81 bits per heavy atom. The molecule has 1 aliphatic carbocycles. The standard InChI is InChI=1S/C16H22O4S/c1-11-9-10-14(15(11)17)16(20-21(3,18)19)12(2)13-7-5-4-6-8-13/h4-8,11-12,14,16H,9-10H2,1-3H3. The summed E-state index contributed by atoms with van der Waals surface area (Å²) in [6.45, 7) is 3.81. The van der Waals surface area contributed by atoms with Crippen LogP contribution in [-0.4, -0.2) is 26.6 Å². The first kappa shape index (κ1) is 16.2. The van der Waals surface area contributed by atoms with Crippen LogP contribution < -0.4 is 0 Å². The van der Waals surface area contributed by atoms with Crippen LogP contribution in [-0.2, 0) is 19.1 Å². The molecule has 4 nitrogen and oxygen atoms in total. The molecule has 0 saturated heterocycles. The number of rotatable bonds is 5. The third-order valence-corrected chi connectivity index (χ3v) is 4.83. The summed E-state index contributed by atoms with van der Waals surface area (Å²) in [6, 6.07) is 9.59. The average molecular weight is 310 g/mol. The van der Waals surface area contributed by atoms with Crippen molar-refractivity contribution in [2.75, 3.05) is 6.26 Å². The van der Waals surface area contributed by atoms with E-state index in [1.54, 1.807) is 0 Å². The number of hydrogen-bond donors (Lipinski definition) is 0. The van der Waals surface area contributed by atoms with Crippen molar-refractivity contribution in [3.63, 3.8) is 0 Å². The van der Waals surface area contributed by atoms with E-state index in [4.69, 9.17) is 4.18 Å². The molecule has 5 heteroatoms. The van der Waals surface area contributed by atoms with Crippen molar-refractivity contribution < 1.29 is 17.4 Å². The predicted molar refractivity (Wildman–Crippen MR) is 81.5 cm³/mol. The van der Waals surface area contributed by atoms with E-state index >= 15 is 0 Å². The largest absolute Gasteiger partial charge is 0.299 e. The highest BCUT2D eigenvalue weighted by atomic mass is 32.2. The zero-order valence-corrected chi connectivity index (χ0v) is 13.5. The number of carbonyl (C=O) groups excluding carboxylic acids is 1. The first-order valence-electron chi connectivity index (χ1n) is 7.26. The van der Waals surface area contributed by atoms with Gasteiger partial charge in [0.25, 0.3) is 10.1 Å². The van der Waals surface area contributed by atoms with Crippen molar-refractivity contribution in [3.05, 3.63) is 35.9 Å². The fourth-order valence-electron chi connectivity index (χ4n) is 3.05. The molecule has 1 saturated carbocycles. The highest BCUT2D eigenvalue weighted by Gasteiger charge is 2.41. The normalized spacial score (nSPS) is 25.8. The number of ketones is 1. The van der Waals surface area contributed by atoms with E-state index in [0.717, 1.165) is 18.2 Å². The SMILES string of the molecule is CC1CCC(C(OS(C)(=O)=O)C(C)c2ccccc2)C1=O. The van der Waals surface area contributed by atoms with Crippen LogP contribution in [0, 0.1) is 11.8 Å². The van der Waals surface area contributed by atoms with Crippen LogP contribution in [0.5, 0.6) is 0 Å². The van der Waals surface area contributed by atoms with Crippen molar-refractivity contribution in [1.29, 1.82) is 0 Å².